The van der Waals surface area contributed by atoms with Crippen LogP contribution in [-0.4, -0.2) is 24.0 Å². The third-order valence-electron chi connectivity index (χ3n) is 2.42. The fourth-order valence-electron chi connectivity index (χ4n) is 1.63. The molecule has 0 fully saturated rings. The van der Waals surface area contributed by atoms with Crippen LogP contribution >= 0.6 is 12.1 Å². The van der Waals surface area contributed by atoms with Crippen LogP contribution < -0.4 is 9.75 Å². The van der Waals surface area contributed by atoms with Gasteiger partial charge in [0.15, 0.2) is 0 Å². The van der Waals surface area contributed by atoms with Gasteiger partial charge in [-0.15, -0.1) is 0 Å². The maximum Gasteiger partial charge on any atom is 0.253 e. The van der Waals surface area contributed by atoms with Gasteiger partial charge >= 0.3 is 0 Å². The number of rotatable bonds is 5. The molecule has 0 bridgehead atoms. The van der Waals surface area contributed by atoms with Gasteiger partial charge in [-0.1, -0.05) is 0 Å². The van der Waals surface area contributed by atoms with Crippen LogP contribution in [0.3, 0.4) is 0 Å². The molecule has 4 nitrogen and oxygen atoms in total. The number of carbonyl (C=O) groups is 1. The van der Waals surface area contributed by atoms with Crippen LogP contribution in [0.4, 0.5) is 9.57 Å². The zero-order valence-electron chi connectivity index (χ0n) is 9.93. The van der Waals surface area contributed by atoms with Crippen molar-refractivity contribution in [2.75, 3.05) is 17.4 Å². The highest BCUT2D eigenvalue weighted by atomic mass is 32.2. The van der Waals surface area contributed by atoms with Crippen LogP contribution in [0, 0.1) is 0 Å². The minimum atomic E-state index is -0.0324. The summed E-state index contributed by atoms with van der Waals surface area (Å²) in [7, 11) is 0. The van der Waals surface area contributed by atoms with Gasteiger partial charge in [0.05, 0.1) is 24.5 Å². The first-order chi connectivity index (χ1) is 8.70. The Morgan fingerprint density at radius 1 is 1.44 bits per heavy atom. The molecule has 0 aromatic heterocycles. The number of amides is 1. The molecule has 18 heavy (non-hydrogen) atoms. The third kappa shape index (κ3) is 3.01. The number of nitrogens with zero attached hydrogens (tertiary/aromatic N) is 2. The van der Waals surface area contributed by atoms with Crippen molar-refractivity contribution in [1.82, 2.24) is 0 Å². The van der Waals surface area contributed by atoms with Gasteiger partial charge in [0.1, 0.15) is 5.75 Å². The number of halogens is 1. The van der Waals surface area contributed by atoms with E-state index in [0.717, 1.165) is 5.71 Å². The summed E-state index contributed by atoms with van der Waals surface area (Å²) in [6.07, 6.45) is 0.367. The molecule has 0 radical (unpaired) electrons. The minimum absolute atomic E-state index is 0.0324. The first-order valence-electron chi connectivity index (χ1n) is 5.54. The van der Waals surface area contributed by atoms with Crippen LogP contribution in [0.2, 0.25) is 0 Å². The van der Waals surface area contributed by atoms with E-state index in [1.807, 2.05) is 6.92 Å². The lowest BCUT2D eigenvalue weighted by atomic mass is 10.2. The summed E-state index contributed by atoms with van der Waals surface area (Å²) in [5.74, 6) is 0.922. The van der Waals surface area contributed by atoms with Gasteiger partial charge in [-0.3, -0.25) is 4.79 Å². The lowest BCUT2D eigenvalue weighted by molar-refractivity contribution is -0.116. The molecule has 0 saturated carbocycles. The van der Waals surface area contributed by atoms with E-state index in [1.165, 1.54) is 5.01 Å². The summed E-state index contributed by atoms with van der Waals surface area (Å²) >= 11 is 0.249. The quantitative estimate of drug-likeness (QED) is 0.771. The van der Waals surface area contributed by atoms with E-state index in [4.69, 9.17) is 4.74 Å². The number of benzene rings is 1. The Morgan fingerprint density at radius 3 is 2.72 bits per heavy atom. The number of anilines is 1. The smallest absolute Gasteiger partial charge is 0.253 e. The second-order valence-corrected chi connectivity index (χ2v) is 4.50. The molecule has 6 heteroatoms. The number of carbonyl (C=O) groups excluding carboxylic acids is 1. The van der Waals surface area contributed by atoms with Crippen molar-refractivity contribution in [3.63, 3.8) is 0 Å². The van der Waals surface area contributed by atoms with Gasteiger partial charge in [-0.25, -0.2) is 5.01 Å². The van der Waals surface area contributed by atoms with Crippen molar-refractivity contribution in [3.8, 4) is 5.75 Å². The van der Waals surface area contributed by atoms with E-state index < -0.39 is 0 Å². The molecule has 0 spiro atoms. The van der Waals surface area contributed by atoms with Crippen LogP contribution in [0.25, 0.3) is 0 Å². The van der Waals surface area contributed by atoms with Crippen molar-refractivity contribution in [3.05, 3.63) is 24.3 Å². The molecule has 0 saturated heterocycles. The van der Waals surface area contributed by atoms with Crippen molar-refractivity contribution >= 4 is 29.5 Å². The molecule has 1 aliphatic heterocycles. The molecule has 1 heterocycles. The monoisotopic (exact) mass is 268 g/mol. The maximum absolute atomic E-state index is 11.8. The van der Waals surface area contributed by atoms with Gasteiger partial charge in [0, 0.05) is 17.9 Å². The molecule has 0 atom stereocenters. The first-order valence-corrected chi connectivity index (χ1v) is 6.43. The standard InChI is InChI=1S/C12H13FN2O2S/c1-9-8-12(16)15(14-9)10-2-4-11(5-3-10)17-6-7-18-13/h2-5H,6-8H2,1H3. The number of hydrogen-bond acceptors (Lipinski definition) is 4. The summed E-state index contributed by atoms with van der Waals surface area (Å²) in [6.45, 7) is 2.14. The molecule has 1 amide bonds. The lowest BCUT2D eigenvalue weighted by Crippen LogP contribution is -2.19. The van der Waals surface area contributed by atoms with Gasteiger partial charge < -0.3 is 4.74 Å². The van der Waals surface area contributed by atoms with Crippen LogP contribution in [0.5, 0.6) is 5.75 Å². The minimum Gasteiger partial charge on any atom is -0.493 e. The average molecular weight is 268 g/mol. The summed E-state index contributed by atoms with van der Waals surface area (Å²) in [6, 6.07) is 7.01. The molecule has 0 N–H and O–H groups in total. The van der Waals surface area contributed by atoms with Crippen LogP contribution in [-0.2, 0) is 4.79 Å². The SMILES string of the molecule is CC1=NN(c2ccc(OCCSF)cc2)C(=O)C1. The normalized spacial score (nSPS) is 14.9. The third-order valence-corrected chi connectivity index (χ3v) is 2.75. The lowest BCUT2D eigenvalue weighted by Gasteiger charge is -2.12. The largest absolute Gasteiger partial charge is 0.493 e. The van der Waals surface area contributed by atoms with Crippen molar-refractivity contribution in [2.24, 2.45) is 5.10 Å². The van der Waals surface area contributed by atoms with Crippen LogP contribution in [0.15, 0.2) is 29.4 Å². The van der Waals surface area contributed by atoms with E-state index in [0.29, 0.717) is 30.2 Å². The van der Waals surface area contributed by atoms with Gasteiger partial charge in [-0.2, -0.15) is 8.99 Å². The molecule has 0 aliphatic carbocycles. The van der Waals surface area contributed by atoms with Gasteiger partial charge in [0.2, 0.25) is 0 Å². The molecule has 0 unspecified atom stereocenters. The predicted molar refractivity (Wildman–Crippen MR) is 70.7 cm³/mol. The van der Waals surface area contributed by atoms with Crippen molar-refractivity contribution < 1.29 is 13.4 Å². The zero-order chi connectivity index (χ0) is 13.0. The van der Waals surface area contributed by atoms with Crippen molar-refractivity contribution in [1.29, 1.82) is 0 Å². The number of ether oxygens (including phenoxy) is 1. The highest BCUT2D eigenvalue weighted by Gasteiger charge is 2.22. The van der Waals surface area contributed by atoms with Gasteiger partial charge in [0.25, 0.3) is 5.91 Å². The molecular formula is C12H13FN2O2S. The van der Waals surface area contributed by atoms with E-state index >= 15 is 0 Å². The fourth-order valence-corrected chi connectivity index (χ4v) is 1.78. The summed E-state index contributed by atoms with van der Waals surface area (Å²) in [4.78, 5) is 11.6. The second kappa shape index (κ2) is 5.86. The van der Waals surface area contributed by atoms with E-state index in [2.05, 4.69) is 5.10 Å². The summed E-state index contributed by atoms with van der Waals surface area (Å²) in [5, 5.41) is 5.54. The summed E-state index contributed by atoms with van der Waals surface area (Å²) < 4.78 is 17.1. The zero-order valence-corrected chi connectivity index (χ0v) is 10.7. The summed E-state index contributed by atoms with van der Waals surface area (Å²) in [5.41, 5.74) is 1.52. The highest BCUT2D eigenvalue weighted by molar-refractivity contribution is 7.94. The molecule has 1 aliphatic rings. The van der Waals surface area contributed by atoms with E-state index in [9.17, 15) is 8.68 Å². The van der Waals surface area contributed by atoms with Gasteiger partial charge in [-0.05, 0) is 31.2 Å². The predicted octanol–water partition coefficient (Wildman–Crippen LogP) is 2.80. The Hall–Kier alpha value is -1.56. The molecule has 2 rings (SSSR count). The molecule has 1 aromatic rings. The maximum atomic E-state index is 11.8. The average Bonchev–Trinajstić information content (AvgIpc) is 2.70. The second-order valence-electron chi connectivity index (χ2n) is 3.87. The Bertz CT molecular complexity index is 462. The first kappa shape index (κ1) is 12.9. The topological polar surface area (TPSA) is 41.9 Å². The Balaban J connectivity index is 2.01. The number of hydrogen-bond donors (Lipinski definition) is 0. The van der Waals surface area contributed by atoms with E-state index in [-0.39, 0.29) is 18.1 Å². The fraction of sp³-hybridized carbons (Fsp3) is 0.333. The highest BCUT2D eigenvalue weighted by Crippen LogP contribution is 2.23. The molecular weight excluding hydrogens is 255 g/mol. The molecule has 96 valence electrons. The van der Waals surface area contributed by atoms with Crippen molar-refractivity contribution in [2.45, 2.75) is 13.3 Å². The van der Waals surface area contributed by atoms with Crippen LogP contribution in [0.1, 0.15) is 13.3 Å². The number of hydrazone groups is 1. The Morgan fingerprint density at radius 2 is 2.17 bits per heavy atom. The Labute approximate surface area is 109 Å². The van der Waals surface area contributed by atoms with E-state index in [1.54, 1.807) is 24.3 Å². The molecule has 1 aromatic carbocycles. The Kier molecular flexibility index (Phi) is 4.19.